The maximum atomic E-state index is 12.1. The number of hydrogen-bond acceptors (Lipinski definition) is 4. The summed E-state index contributed by atoms with van der Waals surface area (Å²) in [5.41, 5.74) is 7.80. The van der Waals surface area contributed by atoms with Gasteiger partial charge in [0.2, 0.25) is 6.79 Å². The van der Waals surface area contributed by atoms with E-state index in [1.165, 1.54) is 0 Å². The Balaban J connectivity index is 1.75. The number of amides is 1. The summed E-state index contributed by atoms with van der Waals surface area (Å²) in [6, 6.07) is 12.5. The van der Waals surface area contributed by atoms with E-state index < -0.39 is 0 Å². The zero-order valence-corrected chi connectivity index (χ0v) is 10.8. The van der Waals surface area contributed by atoms with Gasteiger partial charge in [-0.2, -0.15) is 0 Å². The molecule has 1 aliphatic rings. The highest BCUT2D eigenvalue weighted by atomic mass is 16.7. The average molecular weight is 270 g/mol. The molecule has 5 nitrogen and oxygen atoms in total. The molecule has 0 bridgehead atoms. The number of nitrogens with one attached hydrogen (secondary N) is 1. The standard InChI is InChI=1S/C15H14N2O3/c16-8-10-1-4-12(5-2-10)17-15(18)11-3-6-13-14(7-11)20-9-19-13/h1-7H,8-9,16H2,(H,17,18). The van der Waals surface area contributed by atoms with Crippen molar-refractivity contribution in [2.45, 2.75) is 6.54 Å². The molecule has 0 saturated heterocycles. The van der Waals surface area contributed by atoms with Crippen molar-refractivity contribution in [2.75, 3.05) is 12.1 Å². The van der Waals surface area contributed by atoms with E-state index in [9.17, 15) is 4.79 Å². The third-order valence-electron chi connectivity index (χ3n) is 3.08. The molecule has 0 radical (unpaired) electrons. The third-order valence-corrected chi connectivity index (χ3v) is 3.08. The van der Waals surface area contributed by atoms with Crippen LogP contribution in [0.15, 0.2) is 42.5 Å². The van der Waals surface area contributed by atoms with Crippen LogP contribution in [0.3, 0.4) is 0 Å². The molecular weight excluding hydrogens is 256 g/mol. The Hall–Kier alpha value is -2.53. The highest BCUT2D eigenvalue weighted by Crippen LogP contribution is 2.32. The molecule has 1 aliphatic heterocycles. The summed E-state index contributed by atoms with van der Waals surface area (Å²) in [7, 11) is 0. The van der Waals surface area contributed by atoms with Crippen LogP contribution in [0.5, 0.6) is 11.5 Å². The van der Waals surface area contributed by atoms with Gasteiger partial charge in [-0.15, -0.1) is 0 Å². The van der Waals surface area contributed by atoms with Crippen molar-refractivity contribution in [3.63, 3.8) is 0 Å². The normalized spacial score (nSPS) is 12.2. The molecule has 1 heterocycles. The average Bonchev–Trinajstić information content (AvgIpc) is 2.95. The molecule has 0 spiro atoms. The van der Waals surface area contributed by atoms with Gasteiger partial charge in [-0.1, -0.05) is 12.1 Å². The minimum atomic E-state index is -0.191. The first-order chi connectivity index (χ1) is 9.76. The Morgan fingerprint density at radius 2 is 1.85 bits per heavy atom. The van der Waals surface area contributed by atoms with Gasteiger partial charge in [0.15, 0.2) is 11.5 Å². The summed E-state index contributed by atoms with van der Waals surface area (Å²) in [6.07, 6.45) is 0. The number of carbonyl (C=O) groups is 1. The Bertz CT molecular complexity index is 638. The van der Waals surface area contributed by atoms with Gasteiger partial charge in [-0.3, -0.25) is 4.79 Å². The molecule has 2 aromatic carbocycles. The lowest BCUT2D eigenvalue weighted by molar-refractivity contribution is 0.102. The highest BCUT2D eigenvalue weighted by molar-refractivity contribution is 6.04. The fraction of sp³-hybridized carbons (Fsp3) is 0.133. The monoisotopic (exact) mass is 270 g/mol. The summed E-state index contributed by atoms with van der Waals surface area (Å²) in [5, 5.41) is 2.82. The fourth-order valence-electron chi connectivity index (χ4n) is 1.97. The highest BCUT2D eigenvalue weighted by Gasteiger charge is 2.16. The molecule has 102 valence electrons. The van der Waals surface area contributed by atoms with E-state index in [-0.39, 0.29) is 12.7 Å². The molecule has 1 amide bonds. The molecular formula is C15H14N2O3. The van der Waals surface area contributed by atoms with E-state index in [0.717, 1.165) is 11.3 Å². The van der Waals surface area contributed by atoms with Crippen LogP contribution in [0, 0.1) is 0 Å². The van der Waals surface area contributed by atoms with Crippen LogP contribution in [0.2, 0.25) is 0 Å². The molecule has 0 atom stereocenters. The van der Waals surface area contributed by atoms with Crippen LogP contribution >= 0.6 is 0 Å². The third kappa shape index (κ3) is 2.44. The van der Waals surface area contributed by atoms with E-state index in [1.807, 2.05) is 24.3 Å². The Labute approximate surface area is 116 Å². The summed E-state index contributed by atoms with van der Waals surface area (Å²) in [4.78, 5) is 12.1. The van der Waals surface area contributed by atoms with Crippen LogP contribution in [0.1, 0.15) is 15.9 Å². The van der Waals surface area contributed by atoms with Gasteiger partial charge < -0.3 is 20.5 Å². The van der Waals surface area contributed by atoms with Crippen molar-refractivity contribution in [1.82, 2.24) is 0 Å². The van der Waals surface area contributed by atoms with Gasteiger partial charge in [0.1, 0.15) is 0 Å². The Morgan fingerprint density at radius 1 is 1.10 bits per heavy atom. The van der Waals surface area contributed by atoms with Crippen molar-refractivity contribution in [3.8, 4) is 11.5 Å². The second-order valence-electron chi connectivity index (χ2n) is 4.42. The van der Waals surface area contributed by atoms with E-state index in [0.29, 0.717) is 23.6 Å². The largest absolute Gasteiger partial charge is 0.454 e. The molecule has 0 aliphatic carbocycles. The number of benzene rings is 2. The van der Waals surface area contributed by atoms with E-state index in [2.05, 4.69) is 5.32 Å². The molecule has 5 heteroatoms. The second-order valence-corrected chi connectivity index (χ2v) is 4.42. The lowest BCUT2D eigenvalue weighted by atomic mass is 10.1. The Morgan fingerprint density at radius 3 is 2.60 bits per heavy atom. The molecule has 3 N–H and O–H groups in total. The minimum Gasteiger partial charge on any atom is -0.454 e. The van der Waals surface area contributed by atoms with Gasteiger partial charge >= 0.3 is 0 Å². The number of carbonyl (C=O) groups excluding carboxylic acids is 1. The maximum Gasteiger partial charge on any atom is 0.255 e. The van der Waals surface area contributed by atoms with Crippen LogP contribution in [-0.4, -0.2) is 12.7 Å². The zero-order valence-electron chi connectivity index (χ0n) is 10.8. The smallest absolute Gasteiger partial charge is 0.255 e. The predicted molar refractivity (Wildman–Crippen MR) is 74.9 cm³/mol. The quantitative estimate of drug-likeness (QED) is 0.896. The van der Waals surface area contributed by atoms with Gasteiger partial charge in [0.05, 0.1) is 0 Å². The van der Waals surface area contributed by atoms with Crippen molar-refractivity contribution >= 4 is 11.6 Å². The van der Waals surface area contributed by atoms with Crippen molar-refractivity contribution in [1.29, 1.82) is 0 Å². The van der Waals surface area contributed by atoms with Gasteiger partial charge in [-0.05, 0) is 35.9 Å². The number of anilines is 1. The molecule has 20 heavy (non-hydrogen) atoms. The first-order valence-corrected chi connectivity index (χ1v) is 6.26. The number of rotatable bonds is 3. The lowest BCUT2D eigenvalue weighted by Gasteiger charge is -2.06. The predicted octanol–water partition coefficient (Wildman–Crippen LogP) is 2.13. The van der Waals surface area contributed by atoms with Gasteiger partial charge in [0, 0.05) is 17.8 Å². The first kappa shape index (κ1) is 12.5. The summed E-state index contributed by atoms with van der Waals surface area (Å²) in [5.74, 6) is 1.06. The number of nitrogens with two attached hydrogens (primary N) is 1. The van der Waals surface area contributed by atoms with Gasteiger partial charge in [0.25, 0.3) is 5.91 Å². The fourth-order valence-corrected chi connectivity index (χ4v) is 1.97. The van der Waals surface area contributed by atoms with Gasteiger partial charge in [-0.25, -0.2) is 0 Å². The van der Waals surface area contributed by atoms with Crippen LogP contribution in [0.25, 0.3) is 0 Å². The first-order valence-electron chi connectivity index (χ1n) is 6.26. The number of ether oxygens (including phenoxy) is 2. The number of fused-ring (bicyclic) bond motifs is 1. The van der Waals surface area contributed by atoms with Crippen molar-refractivity contribution < 1.29 is 14.3 Å². The van der Waals surface area contributed by atoms with E-state index in [1.54, 1.807) is 18.2 Å². The van der Waals surface area contributed by atoms with Crippen LogP contribution < -0.4 is 20.5 Å². The topological polar surface area (TPSA) is 73.6 Å². The summed E-state index contributed by atoms with van der Waals surface area (Å²) >= 11 is 0. The molecule has 0 fully saturated rings. The Kier molecular flexibility index (Phi) is 3.26. The SMILES string of the molecule is NCc1ccc(NC(=O)c2ccc3c(c2)OCO3)cc1. The minimum absolute atomic E-state index is 0.191. The lowest BCUT2D eigenvalue weighted by Crippen LogP contribution is -2.11. The molecule has 0 saturated carbocycles. The molecule has 3 rings (SSSR count). The second kappa shape index (κ2) is 5.22. The maximum absolute atomic E-state index is 12.1. The van der Waals surface area contributed by atoms with Crippen molar-refractivity contribution in [2.24, 2.45) is 5.73 Å². The molecule has 2 aromatic rings. The molecule has 0 aromatic heterocycles. The molecule has 0 unspecified atom stereocenters. The van der Waals surface area contributed by atoms with E-state index in [4.69, 9.17) is 15.2 Å². The zero-order chi connectivity index (χ0) is 13.9. The van der Waals surface area contributed by atoms with E-state index >= 15 is 0 Å². The van der Waals surface area contributed by atoms with Crippen LogP contribution in [0.4, 0.5) is 5.69 Å². The van der Waals surface area contributed by atoms with Crippen LogP contribution in [-0.2, 0) is 6.54 Å². The summed E-state index contributed by atoms with van der Waals surface area (Å²) < 4.78 is 10.5. The van der Waals surface area contributed by atoms with Crippen molar-refractivity contribution in [3.05, 3.63) is 53.6 Å². The summed E-state index contributed by atoms with van der Waals surface area (Å²) in [6.45, 7) is 0.678. The number of hydrogen-bond donors (Lipinski definition) is 2.